The Morgan fingerprint density at radius 2 is 1.56 bits per heavy atom. The van der Waals surface area contributed by atoms with Crippen molar-refractivity contribution in [1.29, 1.82) is 0 Å². The molecule has 8 heteroatoms. The Labute approximate surface area is 186 Å². The third-order valence-electron chi connectivity index (χ3n) is 6.21. The van der Waals surface area contributed by atoms with Crippen molar-refractivity contribution in [2.24, 2.45) is 5.92 Å². The quantitative estimate of drug-likeness (QED) is 0.663. The molecule has 2 aliphatic heterocycles. The van der Waals surface area contributed by atoms with Crippen LogP contribution in [0.5, 0.6) is 0 Å². The number of amides is 1. The molecule has 2 aromatic carbocycles. The highest BCUT2D eigenvalue weighted by Gasteiger charge is 2.37. The van der Waals surface area contributed by atoms with E-state index in [4.69, 9.17) is 0 Å². The van der Waals surface area contributed by atoms with Crippen LogP contribution in [0.4, 0.5) is 5.69 Å². The Morgan fingerprint density at radius 3 is 2.28 bits per heavy atom. The van der Waals surface area contributed by atoms with Crippen molar-refractivity contribution in [3.63, 3.8) is 0 Å². The Kier molecular flexibility index (Phi) is 5.09. The van der Waals surface area contributed by atoms with Crippen molar-refractivity contribution in [2.75, 3.05) is 17.8 Å². The minimum absolute atomic E-state index is 0.00309. The summed E-state index contributed by atoms with van der Waals surface area (Å²) in [5.41, 5.74) is 1.20. The fourth-order valence-electron chi connectivity index (χ4n) is 4.76. The number of carbonyl (C=O) groups excluding carboxylic acids is 1. The van der Waals surface area contributed by atoms with Crippen LogP contribution in [0.25, 0.3) is 0 Å². The Morgan fingerprint density at radius 1 is 0.875 bits per heavy atom. The summed E-state index contributed by atoms with van der Waals surface area (Å²) in [6.45, 7) is 1.58. The van der Waals surface area contributed by atoms with Gasteiger partial charge in [0.25, 0.3) is 21.5 Å². The molecular weight excluding hydrogens is 426 g/mol. The zero-order valence-electron chi connectivity index (χ0n) is 17.3. The molecule has 1 amide bonds. The number of anilines is 1. The lowest BCUT2D eigenvalue weighted by atomic mass is 9.83. The number of nitrogens with zero attached hydrogens (tertiary/aromatic N) is 2. The average Bonchev–Trinajstić information content (AvgIpc) is 2.81. The van der Waals surface area contributed by atoms with E-state index < -0.39 is 10.0 Å². The van der Waals surface area contributed by atoms with Crippen LogP contribution in [-0.4, -0.2) is 36.9 Å². The molecule has 0 spiro atoms. The van der Waals surface area contributed by atoms with E-state index in [1.54, 1.807) is 22.8 Å². The molecule has 0 aliphatic carbocycles. The molecule has 5 rings (SSSR count). The summed E-state index contributed by atoms with van der Waals surface area (Å²) in [4.78, 5) is 28.1. The van der Waals surface area contributed by atoms with Gasteiger partial charge in [0.1, 0.15) is 5.69 Å². The number of benzene rings is 2. The third kappa shape index (κ3) is 3.71. The number of hydrogen-bond donors (Lipinski definition) is 1. The van der Waals surface area contributed by atoms with Crippen molar-refractivity contribution in [3.05, 3.63) is 94.4 Å². The SMILES string of the molecule is O=C(c1ccccc1)N1C[C@H]2C[C@H](C1)c1ccc(NS(=O)(=O)c3ccccc3)c(=O)n1C2. The van der Waals surface area contributed by atoms with Crippen molar-refractivity contribution >= 4 is 21.6 Å². The number of hydrogen-bond acceptors (Lipinski definition) is 4. The standard InChI is InChI=1S/C24H23N3O4S/c28-23(18-7-3-1-4-8-18)26-14-17-13-19(16-26)22-12-11-21(24(29)27(22)15-17)25-32(30,31)20-9-5-2-6-10-20/h1-12,17,19,25H,13-16H2/t17-,19-/m1/s1. The highest BCUT2D eigenvalue weighted by Crippen LogP contribution is 2.36. The van der Waals surface area contributed by atoms with Crippen LogP contribution in [-0.2, 0) is 16.6 Å². The van der Waals surface area contributed by atoms with Crippen LogP contribution < -0.4 is 10.3 Å². The number of carbonyl (C=O) groups is 1. The molecule has 0 saturated carbocycles. The summed E-state index contributed by atoms with van der Waals surface area (Å²) in [6.07, 6.45) is 0.910. The minimum atomic E-state index is -3.85. The maximum absolute atomic E-state index is 13.1. The molecule has 3 heterocycles. The minimum Gasteiger partial charge on any atom is -0.338 e. The molecule has 1 saturated heterocycles. The Hall–Kier alpha value is -3.39. The fourth-order valence-corrected chi connectivity index (χ4v) is 5.83. The van der Waals surface area contributed by atoms with Gasteiger partial charge in [-0.1, -0.05) is 36.4 Å². The molecular formula is C24H23N3O4S. The van der Waals surface area contributed by atoms with E-state index in [2.05, 4.69) is 4.72 Å². The number of rotatable bonds is 4. The third-order valence-corrected chi connectivity index (χ3v) is 7.59. The van der Waals surface area contributed by atoms with Crippen LogP contribution in [0.2, 0.25) is 0 Å². The number of aromatic nitrogens is 1. The lowest BCUT2D eigenvalue weighted by Gasteiger charge is -2.43. The second-order valence-electron chi connectivity index (χ2n) is 8.38. The first kappa shape index (κ1) is 20.5. The van der Waals surface area contributed by atoms with Crippen molar-refractivity contribution in [2.45, 2.75) is 23.8 Å². The normalized spacial score (nSPS) is 19.8. The van der Waals surface area contributed by atoms with Crippen LogP contribution in [0.15, 0.2) is 82.5 Å². The molecule has 32 heavy (non-hydrogen) atoms. The van der Waals surface area contributed by atoms with Gasteiger partial charge in [-0.05, 0) is 48.7 Å². The zero-order valence-corrected chi connectivity index (χ0v) is 18.2. The van der Waals surface area contributed by atoms with Crippen molar-refractivity contribution in [1.82, 2.24) is 9.47 Å². The van der Waals surface area contributed by atoms with Crippen LogP contribution in [0.1, 0.15) is 28.4 Å². The van der Waals surface area contributed by atoms with Gasteiger partial charge in [0, 0.05) is 36.8 Å². The van der Waals surface area contributed by atoms with Crippen LogP contribution in [0, 0.1) is 5.92 Å². The molecule has 2 aliphatic rings. The number of likely N-dealkylation sites (tertiary alicyclic amines) is 1. The first-order valence-electron chi connectivity index (χ1n) is 10.6. The molecule has 0 unspecified atom stereocenters. The lowest BCUT2D eigenvalue weighted by molar-refractivity contribution is 0.0594. The fraction of sp³-hybridized carbons (Fsp3) is 0.250. The van der Waals surface area contributed by atoms with E-state index in [0.29, 0.717) is 25.2 Å². The summed E-state index contributed by atoms with van der Waals surface area (Å²) in [5.74, 6) is 0.193. The maximum atomic E-state index is 13.1. The Balaban J connectivity index is 1.41. The van der Waals surface area contributed by atoms with E-state index >= 15 is 0 Å². The van der Waals surface area contributed by atoms with Gasteiger partial charge in [-0.15, -0.1) is 0 Å². The van der Waals surface area contributed by atoms with Gasteiger partial charge in [0.15, 0.2) is 0 Å². The largest absolute Gasteiger partial charge is 0.338 e. The first-order valence-corrected chi connectivity index (χ1v) is 12.1. The van der Waals surface area contributed by atoms with Gasteiger partial charge in [-0.2, -0.15) is 0 Å². The van der Waals surface area contributed by atoms with E-state index in [0.717, 1.165) is 12.1 Å². The molecule has 7 nitrogen and oxygen atoms in total. The van der Waals surface area contributed by atoms with E-state index in [1.165, 1.54) is 18.2 Å². The number of piperidine rings is 1. The predicted octanol–water partition coefficient (Wildman–Crippen LogP) is 2.91. The smallest absolute Gasteiger partial charge is 0.275 e. The molecule has 1 aromatic heterocycles. The van der Waals surface area contributed by atoms with Gasteiger partial charge in [-0.25, -0.2) is 8.42 Å². The predicted molar refractivity (Wildman–Crippen MR) is 121 cm³/mol. The van der Waals surface area contributed by atoms with Gasteiger partial charge < -0.3 is 9.47 Å². The van der Waals surface area contributed by atoms with E-state index in [9.17, 15) is 18.0 Å². The lowest BCUT2D eigenvalue weighted by Crippen LogP contribution is -2.49. The molecule has 2 atom stereocenters. The molecule has 1 N–H and O–H groups in total. The highest BCUT2D eigenvalue weighted by molar-refractivity contribution is 7.92. The van der Waals surface area contributed by atoms with Gasteiger partial charge in [0.05, 0.1) is 4.90 Å². The van der Waals surface area contributed by atoms with Crippen LogP contribution in [0.3, 0.4) is 0 Å². The monoisotopic (exact) mass is 449 g/mol. The molecule has 0 radical (unpaired) electrons. The summed E-state index contributed by atoms with van der Waals surface area (Å²) < 4.78 is 29.4. The maximum Gasteiger partial charge on any atom is 0.275 e. The summed E-state index contributed by atoms with van der Waals surface area (Å²) in [7, 11) is -3.85. The number of pyridine rings is 1. The molecule has 1 fully saturated rings. The van der Waals surface area contributed by atoms with Crippen LogP contribution >= 0.6 is 0 Å². The molecule has 3 aromatic rings. The van der Waals surface area contributed by atoms with Gasteiger partial charge >= 0.3 is 0 Å². The zero-order chi connectivity index (χ0) is 22.3. The summed E-state index contributed by atoms with van der Waals surface area (Å²) in [5, 5.41) is 0. The van der Waals surface area contributed by atoms with E-state index in [1.807, 2.05) is 41.3 Å². The van der Waals surface area contributed by atoms with Gasteiger partial charge in [-0.3, -0.25) is 14.3 Å². The molecule has 2 bridgehead atoms. The number of fused-ring (bicyclic) bond motifs is 4. The second-order valence-corrected chi connectivity index (χ2v) is 10.1. The van der Waals surface area contributed by atoms with Crippen molar-refractivity contribution in [3.8, 4) is 0 Å². The molecule has 164 valence electrons. The van der Waals surface area contributed by atoms with Gasteiger partial charge in [0.2, 0.25) is 0 Å². The number of nitrogens with one attached hydrogen (secondary N) is 1. The summed E-state index contributed by atoms with van der Waals surface area (Å²) in [6, 6.07) is 20.5. The average molecular weight is 450 g/mol. The summed E-state index contributed by atoms with van der Waals surface area (Å²) >= 11 is 0. The number of sulfonamides is 1. The first-order chi connectivity index (χ1) is 15.4. The van der Waals surface area contributed by atoms with Crippen molar-refractivity contribution < 1.29 is 13.2 Å². The highest BCUT2D eigenvalue weighted by atomic mass is 32.2. The Bertz CT molecular complexity index is 1320. The second kappa shape index (κ2) is 7.94. The topological polar surface area (TPSA) is 88.5 Å². The van der Waals surface area contributed by atoms with E-state index in [-0.39, 0.29) is 33.9 Å².